The van der Waals surface area contributed by atoms with Gasteiger partial charge in [-0.05, 0) is 59.7 Å². The highest BCUT2D eigenvalue weighted by Crippen LogP contribution is 2.42. The smallest absolute Gasteiger partial charge is 0.0548 e. The second kappa shape index (κ2) is 7.86. The summed E-state index contributed by atoms with van der Waals surface area (Å²) in [5, 5.41) is 5.09. The first-order chi connectivity index (χ1) is 17.8. The van der Waals surface area contributed by atoms with E-state index in [0.717, 1.165) is 22.5 Å². The Bertz CT molecular complexity index is 1800. The normalized spacial score (nSPS) is 11.6. The zero-order chi connectivity index (χ0) is 24.2. The summed E-state index contributed by atoms with van der Waals surface area (Å²) in [5.74, 6) is 0. The van der Waals surface area contributed by atoms with Gasteiger partial charge in [-0.1, -0.05) is 86.0 Å². The lowest BCUT2D eigenvalue weighted by Crippen LogP contribution is -1.95. The first kappa shape index (κ1) is 20.5. The molecule has 36 heavy (non-hydrogen) atoms. The summed E-state index contributed by atoms with van der Waals surface area (Å²) in [4.78, 5) is 0. The van der Waals surface area contributed by atoms with Crippen molar-refractivity contribution in [3.63, 3.8) is 0 Å². The molecule has 5 aromatic carbocycles. The first-order valence-corrected chi connectivity index (χ1v) is 12.2. The highest BCUT2D eigenvalue weighted by atomic mass is 15.0. The van der Waals surface area contributed by atoms with Crippen molar-refractivity contribution in [3.05, 3.63) is 133 Å². The van der Waals surface area contributed by atoms with Crippen molar-refractivity contribution >= 4 is 55.8 Å². The molecule has 7 aromatic rings. The van der Waals surface area contributed by atoms with E-state index in [4.69, 9.17) is 0 Å². The van der Waals surface area contributed by atoms with Crippen LogP contribution in [0.5, 0.6) is 0 Å². The number of fused-ring (bicyclic) bond motifs is 7. The van der Waals surface area contributed by atoms with Crippen LogP contribution in [0.25, 0.3) is 67.1 Å². The van der Waals surface area contributed by atoms with Crippen LogP contribution in [0.4, 0.5) is 0 Å². The monoisotopic (exact) mass is 460 g/mol. The molecule has 0 fully saturated rings. The molecule has 2 aromatic heterocycles. The van der Waals surface area contributed by atoms with Gasteiger partial charge in [-0.2, -0.15) is 0 Å². The average Bonchev–Trinajstić information content (AvgIpc) is 3.46. The lowest BCUT2D eigenvalue weighted by atomic mass is 10.1. The van der Waals surface area contributed by atoms with Crippen LogP contribution < -0.4 is 0 Å². The molecule has 0 aliphatic heterocycles. The van der Waals surface area contributed by atoms with E-state index in [-0.39, 0.29) is 0 Å². The first-order valence-electron chi connectivity index (χ1n) is 12.2. The molecule has 7 rings (SSSR count). The number of nitrogens with zero attached hydrogens (tertiary/aromatic N) is 2. The lowest BCUT2D eigenvalue weighted by molar-refractivity contribution is 1.17. The van der Waals surface area contributed by atoms with Gasteiger partial charge in [0.15, 0.2) is 0 Å². The average molecular weight is 461 g/mol. The molecule has 0 radical (unpaired) electrons. The third-order valence-corrected chi connectivity index (χ3v) is 7.25. The predicted octanol–water partition coefficient (Wildman–Crippen LogP) is 9.17. The maximum atomic E-state index is 3.91. The fraction of sp³-hybridized carbons (Fsp3) is 0. The van der Waals surface area contributed by atoms with Crippen molar-refractivity contribution in [1.29, 1.82) is 0 Å². The minimum absolute atomic E-state index is 1.12. The van der Waals surface area contributed by atoms with Gasteiger partial charge < -0.3 is 9.13 Å². The summed E-state index contributed by atoms with van der Waals surface area (Å²) in [5.41, 5.74) is 9.36. The number of benzene rings is 5. The van der Waals surface area contributed by atoms with Crippen LogP contribution in [0.1, 0.15) is 11.1 Å². The summed E-state index contributed by atoms with van der Waals surface area (Å²) in [6.45, 7) is 7.82. The Morgan fingerprint density at radius 1 is 0.417 bits per heavy atom. The molecule has 0 amide bonds. The van der Waals surface area contributed by atoms with Crippen molar-refractivity contribution in [3.8, 4) is 11.4 Å². The van der Waals surface area contributed by atoms with Crippen molar-refractivity contribution in [2.45, 2.75) is 0 Å². The Labute approximate surface area is 209 Å². The third-order valence-electron chi connectivity index (χ3n) is 7.25. The standard InChI is InChI=1S/C34H24N2/c1-3-23-13-17-25(18-14-23)35-29-11-7-5-9-27(29)33-31(35)21-22-32-34(33)28-10-6-8-12-30(28)36(32)26-19-15-24(4-2)16-20-26/h3-22H,1-2H2. The van der Waals surface area contributed by atoms with E-state index < -0.39 is 0 Å². The van der Waals surface area contributed by atoms with Gasteiger partial charge in [-0.15, -0.1) is 0 Å². The van der Waals surface area contributed by atoms with Gasteiger partial charge in [-0.3, -0.25) is 0 Å². The van der Waals surface area contributed by atoms with Crippen molar-refractivity contribution in [1.82, 2.24) is 9.13 Å². The number of hydrogen-bond acceptors (Lipinski definition) is 0. The van der Waals surface area contributed by atoms with Gasteiger partial charge in [0, 0.05) is 32.9 Å². The van der Waals surface area contributed by atoms with Crippen LogP contribution in [-0.2, 0) is 0 Å². The molecule has 2 nitrogen and oxygen atoms in total. The van der Waals surface area contributed by atoms with Crippen LogP contribution in [-0.4, -0.2) is 9.13 Å². The molecule has 2 heteroatoms. The zero-order valence-electron chi connectivity index (χ0n) is 19.9. The fourth-order valence-electron chi connectivity index (χ4n) is 5.59. The molecule has 2 heterocycles. The van der Waals surface area contributed by atoms with Crippen molar-refractivity contribution < 1.29 is 0 Å². The third kappa shape index (κ3) is 2.85. The molecular weight excluding hydrogens is 436 g/mol. The molecule has 0 bridgehead atoms. The fourth-order valence-corrected chi connectivity index (χ4v) is 5.59. The molecule has 0 saturated carbocycles. The summed E-state index contributed by atoms with van der Waals surface area (Å²) >= 11 is 0. The Kier molecular flexibility index (Phi) is 4.49. The number of hydrogen-bond donors (Lipinski definition) is 0. The van der Waals surface area contributed by atoms with E-state index in [0.29, 0.717) is 0 Å². The quantitative estimate of drug-likeness (QED) is 0.248. The van der Waals surface area contributed by atoms with Gasteiger partial charge in [-0.25, -0.2) is 0 Å². The predicted molar refractivity (Wildman–Crippen MR) is 155 cm³/mol. The molecule has 0 aliphatic carbocycles. The maximum absolute atomic E-state index is 3.91. The SMILES string of the molecule is C=Cc1ccc(-n2c3ccccc3c3c4c5ccccc5n(-c5ccc(C=C)cc5)c4ccc32)cc1. The highest BCUT2D eigenvalue weighted by Gasteiger charge is 2.20. The zero-order valence-corrected chi connectivity index (χ0v) is 19.9. The number of aromatic nitrogens is 2. The second-order valence-electron chi connectivity index (χ2n) is 9.15. The maximum Gasteiger partial charge on any atom is 0.0548 e. The summed E-state index contributed by atoms with van der Waals surface area (Å²) in [6.07, 6.45) is 3.77. The number of para-hydroxylation sites is 2. The Morgan fingerprint density at radius 2 is 0.806 bits per heavy atom. The summed E-state index contributed by atoms with van der Waals surface area (Å²) in [7, 11) is 0. The largest absolute Gasteiger partial charge is 0.309 e. The molecule has 170 valence electrons. The van der Waals surface area contributed by atoms with Crippen LogP contribution in [0.3, 0.4) is 0 Å². The van der Waals surface area contributed by atoms with Gasteiger partial charge >= 0.3 is 0 Å². The van der Waals surface area contributed by atoms with E-state index >= 15 is 0 Å². The summed E-state index contributed by atoms with van der Waals surface area (Å²) in [6, 6.07) is 39.2. The van der Waals surface area contributed by atoms with E-state index in [1.807, 2.05) is 12.2 Å². The van der Waals surface area contributed by atoms with Crippen molar-refractivity contribution in [2.24, 2.45) is 0 Å². The molecular formula is C34H24N2. The van der Waals surface area contributed by atoms with Gasteiger partial charge in [0.1, 0.15) is 0 Å². The van der Waals surface area contributed by atoms with Gasteiger partial charge in [0.25, 0.3) is 0 Å². The van der Waals surface area contributed by atoms with Crippen LogP contribution in [0.15, 0.2) is 122 Å². The van der Waals surface area contributed by atoms with Gasteiger partial charge in [0.2, 0.25) is 0 Å². The van der Waals surface area contributed by atoms with E-state index in [2.05, 4.69) is 131 Å². The van der Waals surface area contributed by atoms with Crippen LogP contribution in [0, 0.1) is 0 Å². The van der Waals surface area contributed by atoms with E-state index in [9.17, 15) is 0 Å². The Morgan fingerprint density at radius 3 is 1.19 bits per heavy atom. The van der Waals surface area contributed by atoms with Crippen LogP contribution in [0.2, 0.25) is 0 Å². The number of rotatable bonds is 4. The topological polar surface area (TPSA) is 9.86 Å². The Hall–Kier alpha value is -4.82. The summed E-state index contributed by atoms with van der Waals surface area (Å²) < 4.78 is 4.75. The van der Waals surface area contributed by atoms with Crippen molar-refractivity contribution in [2.75, 3.05) is 0 Å². The molecule has 0 unspecified atom stereocenters. The minimum Gasteiger partial charge on any atom is -0.309 e. The lowest BCUT2D eigenvalue weighted by Gasteiger charge is -2.10. The van der Waals surface area contributed by atoms with Crippen LogP contribution >= 0.6 is 0 Å². The second-order valence-corrected chi connectivity index (χ2v) is 9.15. The molecule has 0 saturated heterocycles. The highest BCUT2D eigenvalue weighted by molar-refractivity contribution is 6.28. The molecule has 0 atom stereocenters. The Balaban J connectivity index is 1.64. The van der Waals surface area contributed by atoms with E-state index in [1.54, 1.807) is 0 Å². The molecule has 0 N–H and O–H groups in total. The van der Waals surface area contributed by atoms with Gasteiger partial charge in [0.05, 0.1) is 22.1 Å². The molecule has 0 aliphatic rings. The van der Waals surface area contributed by atoms with E-state index in [1.165, 1.54) is 43.6 Å². The minimum atomic E-state index is 1.12. The molecule has 0 spiro atoms.